The summed E-state index contributed by atoms with van der Waals surface area (Å²) in [6, 6.07) is 8.31. The number of halogens is 5. The predicted octanol–water partition coefficient (Wildman–Crippen LogP) is 4.77. The van der Waals surface area contributed by atoms with E-state index in [1.165, 1.54) is 30.5 Å². The van der Waals surface area contributed by atoms with E-state index >= 15 is 0 Å². The van der Waals surface area contributed by atoms with Crippen molar-refractivity contribution < 1.29 is 26.7 Å². The van der Waals surface area contributed by atoms with Crippen LogP contribution in [0.3, 0.4) is 0 Å². The topological polar surface area (TPSA) is 66.9 Å². The lowest BCUT2D eigenvalue weighted by Gasteiger charge is -2.09. The van der Waals surface area contributed by atoms with Gasteiger partial charge in [-0.1, -0.05) is 0 Å². The molecule has 3 aromatic rings. The molecule has 0 bridgehead atoms. The Bertz CT molecular complexity index is 1010. The summed E-state index contributed by atoms with van der Waals surface area (Å²) >= 11 is 0. The molecule has 0 aliphatic rings. The van der Waals surface area contributed by atoms with E-state index in [0.717, 1.165) is 24.3 Å². The first-order valence-corrected chi connectivity index (χ1v) is 7.76. The highest BCUT2D eigenvalue weighted by Crippen LogP contribution is 2.30. The lowest BCUT2D eigenvalue weighted by Crippen LogP contribution is -2.15. The molecule has 1 amide bonds. The largest absolute Gasteiger partial charge is 0.416 e. The second-order valence-electron chi connectivity index (χ2n) is 5.55. The van der Waals surface area contributed by atoms with Gasteiger partial charge in [0.1, 0.15) is 5.69 Å². The molecule has 144 valence electrons. The fourth-order valence-corrected chi connectivity index (χ4v) is 2.19. The van der Waals surface area contributed by atoms with Crippen LogP contribution in [0.25, 0.3) is 0 Å². The number of anilines is 3. The van der Waals surface area contributed by atoms with Crippen LogP contribution in [0.1, 0.15) is 16.1 Å². The Morgan fingerprint density at radius 2 is 1.57 bits per heavy atom. The number of rotatable bonds is 4. The molecule has 2 aromatic carbocycles. The van der Waals surface area contributed by atoms with Crippen molar-refractivity contribution in [2.45, 2.75) is 6.18 Å². The quantitative estimate of drug-likeness (QED) is 0.626. The molecule has 3 rings (SSSR count). The number of aromatic nitrogens is 2. The summed E-state index contributed by atoms with van der Waals surface area (Å²) in [5, 5.41) is 5.03. The molecular weight excluding hydrogens is 383 g/mol. The third kappa shape index (κ3) is 4.58. The fourth-order valence-electron chi connectivity index (χ4n) is 2.19. The Kier molecular flexibility index (Phi) is 5.21. The summed E-state index contributed by atoms with van der Waals surface area (Å²) in [5.74, 6) is -2.91. The van der Waals surface area contributed by atoms with E-state index in [2.05, 4.69) is 20.6 Å². The van der Waals surface area contributed by atoms with E-state index < -0.39 is 29.3 Å². The maximum atomic E-state index is 13.2. The first-order valence-electron chi connectivity index (χ1n) is 7.76. The number of hydrogen-bond acceptors (Lipinski definition) is 4. The number of alkyl halides is 3. The molecule has 2 N–H and O–H groups in total. The van der Waals surface area contributed by atoms with Gasteiger partial charge in [-0.25, -0.2) is 18.7 Å². The van der Waals surface area contributed by atoms with Crippen molar-refractivity contribution in [3.8, 4) is 0 Å². The van der Waals surface area contributed by atoms with Crippen molar-refractivity contribution in [3.05, 3.63) is 77.6 Å². The lowest BCUT2D eigenvalue weighted by atomic mass is 10.2. The van der Waals surface area contributed by atoms with Crippen LogP contribution >= 0.6 is 0 Å². The summed E-state index contributed by atoms with van der Waals surface area (Å²) in [5.41, 5.74) is -0.585. The van der Waals surface area contributed by atoms with Gasteiger partial charge in [0.2, 0.25) is 5.95 Å². The number of hydrogen-bond donors (Lipinski definition) is 2. The summed E-state index contributed by atoms with van der Waals surface area (Å²) in [6.45, 7) is 0. The minimum absolute atomic E-state index is 0.0276. The molecule has 0 saturated carbocycles. The van der Waals surface area contributed by atoms with Crippen molar-refractivity contribution in [1.29, 1.82) is 0 Å². The molecule has 1 heterocycles. The van der Waals surface area contributed by atoms with Gasteiger partial charge in [-0.05, 0) is 42.5 Å². The van der Waals surface area contributed by atoms with Crippen LogP contribution < -0.4 is 10.6 Å². The lowest BCUT2D eigenvalue weighted by molar-refractivity contribution is -0.137. The Balaban J connectivity index is 1.72. The minimum Gasteiger partial charge on any atom is -0.324 e. The van der Waals surface area contributed by atoms with Crippen LogP contribution in [0.4, 0.5) is 39.3 Å². The predicted molar refractivity (Wildman–Crippen MR) is 91.1 cm³/mol. The third-order valence-electron chi connectivity index (χ3n) is 3.53. The number of carbonyl (C=O) groups is 1. The number of carbonyl (C=O) groups excluding carboxylic acids is 1. The maximum Gasteiger partial charge on any atom is 0.416 e. The standard InChI is InChI=1S/C18H11F5N4O/c19-13-6-5-12(9-14(13)20)25-16(28)15-7-8-24-17(27-15)26-11-3-1-10(2-4-11)18(21,22)23/h1-9H,(H,25,28)(H,24,26,27). The van der Waals surface area contributed by atoms with Gasteiger partial charge >= 0.3 is 6.18 Å². The molecule has 0 aliphatic heterocycles. The van der Waals surface area contributed by atoms with E-state index in [9.17, 15) is 26.7 Å². The molecule has 0 atom stereocenters. The number of nitrogens with one attached hydrogen (secondary N) is 2. The molecule has 0 saturated heterocycles. The average molecular weight is 394 g/mol. The maximum absolute atomic E-state index is 13.2. The van der Waals surface area contributed by atoms with E-state index in [-0.39, 0.29) is 23.0 Å². The molecule has 28 heavy (non-hydrogen) atoms. The highest BCUT2D eigenvalue weighted by Gasteiger charge is 2.29. The molecule has 0 unspecified atom stereocenters. The average Bonchev–Trinajstić information content (AvgIpc) is 2.65. The van der Waals surface area contributed by atoms with Crippen LogP contribution in [-0.2, 0) is 6.18 Å². The van der Waals surface area contributed by atoms with Crippen molar-refractivity contribution in [3.63, 3.8) is 0 Å². The van der Waals surface area contributed by atoms with Crippen molar-refractivity contribution in [1.82, 2.24) is 9.97 Å². The summed E-state index contributed by atoms with van der Waals surface area (Å²) < 4.78 is 63.9. The zero-order valence-electron chi connectivity index (χ0n) is 13.9. The van der Waals surface area contributed by atoms with Gasteiger partial charge in [0.15, 0.2) is 11.6 Å². The van der Waals surface area contributed by atoms with Crippen LogP contribution in [-0.4, -0.2) is 15.9 Å². The van der Waals surface area contributed by atoms with Gasteiger partial charge in [-0.2, -0.15) is 13.2 Å². The molecule has 0 fully saturated rings. The van der Waals surface area contributed by atoms with Gasteiger partial charge in [-0.3, -0.25) is 4.79 Å². The molecule has 0 aliphatic carbocycles. The van der Waals surface area contributed by atoms with Crippen molar-refractivity contribution >= 4 is 23.2 Å². The number of nitrogens with zero attached hydrogens (tertiary/aromatic N) is 2. The molecule has 5 nitrogen and oxygen atoms in total. The molecule has 0 spiro atoms. The summed E-state index contributed by atoms with van der Waals surface area (Å²) in [4.78, 5) is 20.0. The number of benzene rings is 2. The van der Waals surface area contributed by atoms with Crippen LogP contribution in [0, 0.1) is 11.6 Å². The fraction of sp³-hybridized carbons (Fsp3) is 0.0556. The molecule has 0 radical (unpaired) electrons. The van der Waals surface area contributed by atoms with Gasteiger partial charge < -0.3 is 10.6 Å². The summed E-state index contributed by atoms with van der Waals surface area (Å²) in [6.07, 6.45) is -3.19. The Morgan fingerprint density at radius 3 is 2.21 bits per heavy atom. The third-order valence-corrected chi connectivity index (χ3v) is 3.53. The highest BCUT2D eigenvalue weighted by atomic mass is 19.4. The van der Waals surface area contributed by atoms with Crippen molar-refractivity contribution in [2.75, 3.05) is 10.6 Å². The van der Waals surface area contributed by atoms with E-state index in [1.54, 1.807) is 0 Å². The highest BCUT2D eigenvalue weighted by molar-refractivity contribution is 6.03. The van der Waals surface area contributed by atoms with Gasteiger partial charge in [0.25, 0.3) is 5.91 Å². The molecule has 10 heteroatoms. The van der Waals surface area contributed by atoms with Gasteiger partial charge in [-0.15, -0.1) is 0 Å². The zero-order chi connectivity index (χ0) is 20.3. The normalized spacial score (nSPS) is 11.2. The van der Waals surface area contributed by atoms with Gasteiger partial charge in [0, 0.05) is 23.6 Å². The molecule has 1 aromatic heterocycles. The van der Waals surface area contributed by atoms with Crippen LogP contribution in [0.5, 0.6) is 0 Å². The monoisotopic (exact) mass is 394 g/mol. The number of amides is 1. The van der Waals surface area contributed by atoms with E-state index in [1.807, 2.05) is 0 Å². The van der Waals surface area contributed by atoms with E-state index in [0.29, 0.717) is 0 Å². The minimum atomic E-state index is -4.45. The second kappa shape index (κ2) is 7.59. The van der Waals surface area contributed by atoms with Crippen molar-refractivity contribution in [2.24, 2.45) is 0 Å². The Morgan fingerprint density at radius 1 is 0.893 bits per heavy atom. The Labute approximate surface area is 155 Å². The zero-order valence-corrected chi connectivity index (χ0v) is 13.9. The summed E-state index contributed by atoms with van der Waals surface area (Å²) in [7, 11) is 0. The second-order valence-corrected chi connectivity index (χ2v) is 5.55. The first-order chi connectivity index (χ1) is 13.2. The van der Waals surface area contributed by atoms with E-state index in [4.69, 9.17) is 0 Å². The smallest absolute Gasteiger partial charge is 0.324 e. The SMILES string of the molecule is O=C(Nc1ccc(F)c(F)c1)c1ccnc(Nc2ccc(C(F)(F)F)cc2)n1. The molecular formula is C18H11F5N4O. The Hall–Kier alpha value is -3.56. The van der Waals surface area contributed by atoms with Gasteiger partial charge in [0.05, 0.1) is 5.56 Å². The van der Waals surface area contributed by atoms with Crippen LogP contribution in [0.15, 0.2) is 54.7 Å². The van der Waals surface area contributed by atoms with Crippen LogP contribution in [0.2, 0.25) is 0 Å². The first kappa shape index (κ1) is 19.2.